The first-order valence-electron chi connectivity index (χ1n) is 13.7. The smallest absolute Gasteiger partial charge is 0.106 e. The van der Waals surface area contributed by atoms with E-state index in [4.69, 9.17) is 4.84 Å². The molecule has 0 aliphatic carbocycles. The SMILES string of the molecule is CON=C(CCN1CCC(Cc2ccccc2)CC1)c1cc(C)cc(Nc2cc(C)nc3ccccc23)c1. The number of likely N-dealkylation sites (tertiary alicyclic amines) is 1. The molecule has 1 aliphatic heterocycles. The first-order chi connectivity index (χ1) is 18.6. The maximum atomic E-state index is 5.29. The average Bonchev–Trinajstić information content (AvgIpc) is 2.92. The molecule has 1 N–H and O–H groups in total. The average molecular weight is 507 g/mol. The predicted octanol–water partition coefficient (Wildman–Crippen LogP) is 7.29. The Morgan fingerprint density at radius 1 is 0.974 bits per heavy atom. The highest BCUT2D eigenvalue weighted by atomic mass is 16.6. The number of piperidine rings is 1. The molecule has 5 rings (SSSR count). The molecule has 5 heteroatoms. The topological polar surface area (TPSA) is 49.8 Å². The molecule has 38 heavy (non-hydrogen) atoms. The van der Waals surface area contributed by atoms with Crippen molar-refractivity contribution in [3.05, 3.63) is 101 Å². The van der Waals surface area contributed by atoms with E-state index in [0.29, 0.717) is 0 Å². The van der Waals surface area contributed by atoms with Gasteiger partial charge in [-0.15, -0.1) is 0 Å². The number of pyridine rings is 1. The lowest BCUT2D eigenvalue weighted by atomic mass is 9.90. The van der Waals surface area contributed by atoms with E-state index in [-0.39, 0.29) is 0 Å². The molecule has 2 heterocycles. The Kier molecular flexibility index (Phi) is 8.34. The standard InChI is InChI=1S/C33H38N4O/c1-24-19-28(23-29(20-24)35-33-21-25(2)34-32-12-8-7-11-30(32)33)31(36-38-3)15-18-37-16-13-27(14-17-37)22-26-9-5-4-6-10-26/h4-12,19-21,23,27H,13-18,22H2,1-3H3,(H,34,35). The number of para-hydroxylation sites is 1. The Balaban J connectivity index is 1.25. The highest BCUT2D eigenvalue weighted by molar-refractivity contribution is 6.02. The third-order valence-electron chi connectivity index (χ3n) is 7.47. The molecule has 0 amide bonds. The summed E-state index contributed by atoms with van der Waals surface area (Å²) in [6, 6.07) is 27.8. The summed E-state index contributed by atoms with van der Waals surface area (Å²) in [4.78, 5) is 12.6. The van der Waals surface area contributed by atoms with E-state index in [2.05, 4.69) is 100 Å². The number of aromatic nitrogens is 1. The van der Waals surface area contributed by atoms with Gasteiger partial charge in [0.2, 0.25) is 0 Å². The Labute approximate surface area is 226 Å². The first kappa shape index (κ1) is 25.9. The highest BCUT2D eigenvalue weighted by Crippen LogP contribution is 2.28. The zero-order valence-corrected chi connectivity index (χ0v) is 22.8. The number of oxime groups is 1. The minimum absolute atomic E-state index is 0.777. The number of nitrogens with zero attached hydrogens (tertiary/aromatic N) is 3. The van der Waals surface area contributed by atoms with Gasteiger partial charge in [0.1, 0.15) is 7.11 Å². The normalized spacial score (nSPS) is 15.1. The van der Waals surface area contributed by atoms with E-state index in [1.54, 1.807) is 7.11 Å². The first-order valence-corrected chi connectivity index (χ1v) is 13.7. The second kappa shape index (κ2) is 12.2. The van der Waals surface area contributed by atoms with Crippen LogP contribution in [0.3, 0.4) is 0 Å². The zero-order valence-electron chi connectivity index (χ0n) is 22.8. The fourth-order valence-corrected chi connectivity index (χ4v) is 5.57. The quantitative estimate of drug-likeness (QED) is 0.191. The van der Waals surface area contributed by atoms with Crippen LogP contribution < -0.4 is 5.32 Å². The van der Waals surface area contributed by atoms with Crippen molar-refractivity contribution < 1.29 is 4.84 Å². The zero-order chi connectivity index (χ0) is 26.3. The number of benzene rings is 3. The molecule has 3 aromatic carbocycles. The van der Waals surface area contributed by atoms with Crippen LogP contribution in [0.4, 0.5) is 11.4 Å². The van der Waals surface area contributed by atoms with Gasteiger partial charge in [0.15, 0.2) is 0 Å². The molecule has 5 nitrogen and oxygen atoms in total. The van der Waals surface area contributed by atoms with Gasteiger partial charge in [0.25, 0.3) is 0 Å². The summed E-state index contributed by atoms with van der Waals surface area (Å²) in [6.45, 7) is 7.45. The predicted molar refractivity (Wildman–Crippen MR) is 158 cm³/mol. The number of fused-ring (bicyclic) bond motifs is 1. The lowest BCUT2D eigenvalue weighted by Gasteiger charge is -2.32. The third-order valence-corrected chi connectivity index (χ3v) is 7.47. The van der Waals surface area contributed by atoms with Crippen LogP contribution in [0.5, 0.6) is 0 Å². The summed E-state index contributed by atoms with van der Waals surface area (Å²) >= 11 is 0. The number of rotatable bonds is 9. The lowest BCUT2D eigenvalue weighted by Crippen LogP contribution is -2.35. The van der Waals surface area contributed by atoms with E-state index < -0.39 is 0 Å². The third kappa shape index (κ3) is 6.59. The molecule has 1 fully saturated rings. The summed E-state index contributed by atoms with van der Waals surface area (Å²) in [6.07, 6.45) is 4.56. The number of hydrogen-bond acceptors (Lipinski definition) is 5. The molecule has 0 saturated carbocycles. The van der Waals surface area contributed by atoms with Crippen LogP contribution in [0.1, 0.15) is 41.6 Å². The van der Waals surface area contributed by atoms with Gasteiger partial charge in [-0.05, 0) is 93.6 Å². The molecule has 0 spiro atoms. The maximum Gasteiger partial charge on any atom is 0.106 e. The van der Waals surface area contributed by atoms with Gasteiger partial charge in [-0.3, -0.25) is 4.98 Å². The van der Waals surface area contributed by atoms with Crippen LogP contribution in [0.25, 0.3) is 10.9 Å². The molecule has 1 aliphatic rings. The van der Waals surface area contributed by atoms with Crippen LogP contribution in [0, 0.1) is 19.8 Å². The summed E-state index contributed by atoms with van der Waals surface area (Å²) in [5, 5.41) is 9.22. The molecule has 0 unspecified atom stereocenters. The molecule has 4 aromatic rings. The van der Waals surface area contributed by atoms with Crippen molar-refractivity contribution in [2.75, 3.05) is 32.1 Å². The molecule has 0 atom stereocenters. The van der Waals surface area contributed by atoms with Gasteiger partial charge in [-0.25, -0.2) is 0 Å². The van der Waals surface area contributed by atoms with E-state index in [1.807, 2.05) is 13.0 Å². The van der Waals surface area contributed by atoms with Crippen molar-refractivity contribution >= 4 is 28.0 Å². The van der Waals surface area contributed by atoms with Crippen molar-refractivity contribution in [2.24, 2.45) is 11.1 Å². The van der Waals surface area contributed by atoms with E-state index in [0.717, 1.165) is 71.2 Å². The Hall–Kier alpha value is -3.70. The number of nitrogens with one attached hydrogen (secondary N) is 1. The second-order valence-corrected chi connectivity index (χ2v) is 10.5. The number of aryl methyl sites for hydroxylation is 2. The van der Waals surface area contributed by atoms with Gasteiger partial charge >= 0.3 is 0 Å². The van der Waals surface area contributed by atoms with Crippen LogP contribution in [0.2, 0.25) is 0 Å². The minimum atomic E-state index is 0.777. The van der Waals surface area contributed by atoms with E-state index >= 15 is 0 Å². The molecular weight excluding hydrogens is 468 g/mol. The largest absolute Gasteiger partial charge is 0.399 e. The van der Waals surface area contributed by atoms with Gasteiger partial charge in [0.05, 0.1) is 11.2 Å². The van der Waals surface area contributed by atoms with Gasteiger partial charge in [-0.1, -0.05) is 53.7 Å². The highest BCUT2D eigenvalue weighted by Gasteiger charge is 2.20. The van der Waals surface area contributed by atoms with E-state index in [1.165, 1.54) is 30.4 Å². The monoisotopic (exact) mass is 506 g/mol. The van der Waals surface area contributed by atoms with Crippen molar-refractivity contribution in [2.45, 2.75) is 39.5 Å². The van der Waals surface area contributed by atoms with Gasteiger partial charge in [-0.2, -0.15) is 0 Å². The fourth-order valence-electron chi connectivity index (χ4n) is 5.57. The van der Waals surface area contributed by atoms with Crippen molar-refractivity contribution in [3.63, 3.8) is 0 Å². The van der Waals surface area contributed by atoms with Gasteiger partial charge < -0.3 is 15.1 Å². The Morgan fingerprint density at radius 2 is 1.74 bits per heavy atom. The maximum absolute atomic E-state index is 5.29. The Morgan fingerprint density at radius 3 is 2.53 bits per heavy atom. The van der Waals surface area contributed by atoms with Crippen LogP contribution in [0.15, 0.2) is 84.0 Å². The molecular formula is C33H38N4O. The van der Waals surface area contributed by atoms with Crippen molar-refractivity contribution in [1.82, 2.24) is 9.88 Å². The second-order valence-electron chi connectivity index (χ2n) is 10.5. The van der Waals surface area contributed by atoms with Crippen molar-refractivity contribution in [3.8, 4) is 0 Å². The summed E-state index contributed by atoms with van der Waals surface area (Å²) < 4.78 is 0. The fraction of sp³-hybridized carbons (Fsp3) is 0.333. The molecule has 1 saturated heterocycles. The molecule has 196 valence electrons. The van der Waals surface area contributed by atoms with Gasteiger partial charge in [0, 0.05) is 41.0 Å². The summed E-state index contributed by atoms with van der Waals surface area (Å²) in [5.41, 5.74) is 8.83. The van der Waals surface area contributed by atoms with Crippen LogP contribution >= 0.6 is 0 Å². The minimum Gasteiger partial charge on any atom is -0.399 e. The molecule has 1 aromatic heterocycles. The van der Waals surface area contributed by atoms with Crippen LogP contribution in [-0.2, 0) is 11.3 Å². The molecule has 0 bridgehead atoms. The lowest BCUT2D eigenvalue weighted by molar-refractivity contribution is 0.186. The summed E-state index contributed by atoms with van der Waals surface area (Å²) in [5.74, 6) is 0.777. The summed E-state index contributed by atoms with van der Waals surface area (Å²) in [7, 11) is 1.63. The van der Waals surface area contributed by atoms with Crippen molar-refractivity contribution in [1.29, 1.82) is 0 Å². The number of hydrogen-bond donors (Lipinski definition) is 1. The van der Waals surface area contributed by atoms with E-state index in [9.17, 15) is 0 Å². The molecule has 0 radical (unpaired) electrons. The van der Waals surface area contributed by atoms with Crippen LogP contribution in [-0.4, -0.2) is 42.3 Å². The Bertz CT molecular complexity index is 1390. The number of anilines is 2.